The molecule has 3 nitrogen and oxygen atoms in total. The highest BCUT2D eigenvalue weighted by atomic mass is 32.2. The lowest BCUT2D eigenvalue weighted by Crippen LogP contribution is -2.02. The first-order valence-corrected chi connectivity index (χ1v) is 9.37. The first kappa shape index (κ1) is 18.5. The predicted octanol–water partition coefficient (Wildman–Crippen LogP) is 4.84. The Morgan fingerprint density at radius 1 is 0.852 bits per heavy atom. The predicted molar refractivity (Wildman–Crippen MR) is 98.3 cm³/mol. The average Bonchev–Trinajstić information content (AvgIpc) is 2.67. The van der Waals surface area contributed by atoms with E-state index < -0.39 is 21.5 Å². The maximum Gasteiger partial charge on any atom is 0.206 e. The third-order valence-electron chi connectivity index (χ3n) is 3.88. The summed E-state index contributed by atoms with van der Waals surface area (Å²) in [6.07, 6.45) is 3.08. The summed E-state index contributed by atoms with van der Waals surface area (Å²) in [6.45, 7) is 0. The Kier molecular flexibility index (Phi) is 5.15. The smallest absolute Gasteiger partial charge is 0.206 e. The maximum atomic E-state index is 13.6. The number of nitriles is 1. The van der Waals surface area contributed by atoms with Crippen LogP contribution in [-0.2, 0) is 9.84 Å². The van der Waals surface area contributed by atoms with Crippen LogP contribution < -0.4 is 0 Å². The maximum absolute atomic E-state index is 13.6. The van der Waals surface area contributed by atoms with E-state index in [2.05, 4.69) is 0 Å². The highest BCUT2D eigenvalue weighted by Crippen LogP contribution is 2.22. The van der Waals surface area contributed by atoms with Crippen molar-refractivity contribution in [2.45, 2.75) is 9.79 Å². The molecule has 3 rings (SSSR count). The quantitative estimate of drug-likeness (QED) is 0.608. The van der Waals surface area contributed by atoms with Crippen LogP contribution >= 0.6 is 0 Å². The van der Waals surface area contributed by atoms with Gasteiger partial charge >= 0.3 is 0 Å². The molecule has 0 heterocycles. The highest BCUT2D eigenvalue weighted by Gasteiger charge is 2.17. The zero-order valence-electron chi connectivity index (χ0n) is 13.9. The summed E-state index contributed by atoms with van der Waals surface area (Å²) in [5.74, 6) is -1.33. The number of rotatable bonds is 4. The van der Waals surface area contributed by atoms with Gasteiger partial charge < -0.3 is 0 Å². The minimum absolute atomic E-state index is 0.0400. The third kappa shape index (κ3) is 4.10. The fraction of sp³-hybridized carbons (Fsp3) is 0. The van der Waals surface area contributed by atoms with Crippen molar-refractivity contribution in [2.24, 2.45) is 0 Å². The molecule has 0 aliphatic carbocycles. The monoisotopic (exact) mass is 381 g/mol. The second-order valence-electron chi connectivity index (χ2n) is 5.71. The molecule has 27 heavy (non-hydrogen) atoms. The van der Waals surface area contributed by atoms with Crippen LogP contribution in [0.3, 0.4) is 0 Å². The highest BCUT2D eigenvalue weighted by molar-refractivity contribution is 7.91. The molecule has 0 atom stereocenters. The van der Waals surface area contributed by atoms with Crippen molar-refractivity contribution >= 4 is 22.0 Å². The van der Waals surface area contributed by atoms with Gasteiger partial charge in [-0.2, -0.15) is 5.26 Å². The zero-order valence-corrected chi connectivity index (χ0v) is 14.7. The van der Waals surface area contributed by atoms with Crippen LogP contribution in [0.4, 0.5) is 8.78 Å². The molecule has 0 aliphatic rings. The lowest BCUT2D eigenvalue weighted by Gasteiger charge is -2.05. The summed E-state index contributed by atoms with van der Waals surface area (Å²) in [5, 5.41) is 8.92. The van der Waals surface area contributed by atoms with Gasteiger partial charge in [0.25, 0.3) is 0 Å². The molecule has 0 spiro atoms. The molecule has 0 saturated heterocycles. The Morgan fingerprint density at radius 3 is 2.26 bits per heavy atom. The van der Waals surface area contributed by atoms with E-state index >= 15 is 0 Å². The van der Waals surface area contributed by atoms with Crippen molar-refractivity contribution in [2.75, 3.05) is 0 Å². The Balaban J connectivity index is 1.86. The van der Waals surface area contributed by atoms with E-state index in [1.807, 2.05) is 6.07 Å². The molecule has 6 heteroatoms. The van der Waals surface area contributed by atoms with Gasteiger partial charge in [-0.3, -0.25) is 0 Å². The van der Waals surface area contributed by atoms with Gasteiger partial charge in [0.1, 0.15) is 11.6 Å². The van der Waals surface area contributed by atoms with Gasteiger partial charge in [0, 0.05) is 11.6 Å². The number of hydrogen-bond acceptors (Lipinski definition) is 3. The van der Waals surface area contributed by atoms with E-state index in [0.717, 1.165) is 12.1 Å². The molecule has 0 aliphatic heterocycles. The van der Waals surface area contributed by atoms with Gasteiger partial charge in [-0.05, 0) is 48.0 Å². The average molecular weight is 381 g/mol. The van der Waals surface area contributed by atoms with Gasteiger partial charge in [-0.25, -0.2) is 17.2 Å². The largest absolute Gasteiger partial charge is 0.219 e. The van der Waals surface area contributed by atoms with Crippen molar-refractivity contribution in [1.29, 1.82) is 5.26 Å². The fourth-order valence-corrected chi connectivity index (χ4v) is 3.76. The van der Waals surface area contributed by atoms with Crippen molar-refractivity contribution in [1.82, 2.24) is 0 Å². The van der Waals surface area contributed by atoms with Crippen LogP contribution in [0.2, 0.25) is 0 Å². The van der Waals surface area contributed by atoms with Crippen LogP contribution in [0.25, 0.3) is 12.2 Å². The number of hydrogen-bond donors (Lipinski definition) is 0. The minimum Gasteiger partial charge on any atom is -0.219 e. The van der Waals surface area contributed by atoms with Gasteiger partial charge in [0.2, 0.25) is 9.84 Å². The van der Waals surface area contributed by atoms with Gasteiger partial charge in [-0.1, -0.05) is 30.4 Å². The standard InChI is InChI=1S/C21H13F2NO2S/c22-18-9-8-17(21(23)13-18)7-4-15-5-10-19(11-6-15)27(25,26)20-3-1-2-16(12-20)14-24/h1-13H/b7-4+. The first-order chi connectivity index (χ1) is 12.9. The second kappa shape index (κ2) is 7.52. The second-order valence-corrected chi connectivity index (χ2v) is 7.66. The van der Waals surface area contributed by atoms with Crippen LogP contribution in [0.15, 0.2) is 76.5 Å². The normalized spacial score (nSPS) is 11.4. The molecule has 3 aromatic carbocycles. The third-order valence-corrected chi connectivity index (χ3v) is 5.65. The minimum atomic E-state index is -3.74. The Hall–Kier alpha value is -3.30. The summed E-state index contributed by atoms with van der Waals surface area (Å²) in [5.41, 5.74) is 1.14. The van der Waals surface area contributed by atoms with Gasteiger partial charge in [0.15, 0.2) is 0 Å². The molecule has 0 aromatic heterocycles. The SMILES string of the molecule is N#Cc1cccc(S(=O)(=O)c2ccc(/C=C/c3ccc(F)cc3F)cc2)c1. The van der Waals surface area contributed by atoms with E-state index in [1.54, 1.807) is 18.2 Å². The summed E-state index contributed by atoms with van der Waals surface area (Å²) in [7, 11) is -3.74. The lowest BCUT2D eigenvalue weighted by molar-refractivity contribution is 0.581. The number of sulfone groups is 1. The summed E-state index contributed by atoms with van der Waals surface area (Å²) in [4.78, 5) is 0.126. The van der Waals surface area contributed by atoms with Crippen molar-refractivity contribution in [3.05, 3.63) is 95.1 Å². The van der Waals surface area contributed by atoms with Crippen LogP contribution in [-0.4, -0.2) is 8.42 Å². The Bertz CT molecular complexity index is 1160. The molecule has 134 valence electrons. The topological polar surface area (TPSA) is 57.9 Å². The Labute approximate surface area is 155 Å². The molecular weight excluding hydrogens is 368 g/mol. The van der Waals surface area contributed by atoms with Crippen molar-refractivity contribution in [3.8, 4) is 6.07 Å². The van der Waals surface area contributed by atoms with Gasteiger partial charge in [0.05, 0.1) is 21.4 Å². The van der Waals surface area contributed by atoms with Crippen LogP contribution in [0, 0.1) is 23.0 Å². The number of halogens is 2. The van der Waals surface area contributed by atoms with E-state index in [4.69, 9.17) is 5.26 Å². The summed E-state index contributed by atoms with van der Waals surface area (Å²) < 4.78 is 51.9. The summed E-state index contributed by atoms with van der Waals surface area (Å²) >= 11 is 0. The zero-order chi connectivity index (χ0) is 19.4. The summed E-state index contributed by atoms with van der Waals surface area (Å²) in [6, 6.07) is 17.0. The molecule has 3 aromatic rings. The molecular formula is C21H13F2NO2S. The van der Waals surface area contributed by atoms with Crippen molar-refractivity contribution < 1.29 is 17.2 Å². The van der Waals surface area contributed by atoms with Crippen LogP contribution in [0.1, 0.15) is 16.7 Å². The number of benzene rings is 3. The molecule has 0 unspecified atom stereocenters. The van der Waals surface area contributed by atoms with Crippen LogP contribution in [0.5, 0.6) is 0 Å². The molecule has 0 radical (unpaired) electrons. The Morgan fingerprint density at radius 2 is 1.59 bits per heavy atom. The van der Waals surface area contributed by atoms with E-state index in [9.17, 15) is 17.2 Å². The molecule has 0 fully saturated rings. The lowest BCUT2D eigenvalue weighted by atomic mass is 10.1. The van der Waals surface area contributed by atoms with Gasteiger partial charge in [-0.15, -0.1) is 0 Å². The molecule has 0 saturated carbocycles. The first-order valence-electron chi connectivity index (χ1n) is 7.88. The van der Waals surface area contributed by atoms with E-state index in [1.165, 1.54) is 48.5 Å². The van der Waals surface area contributed by atoms with Crippen molar-refractivity contribution in [3.63, 3.8) is 0 Å². The van der Waals surface area contributed by atoms with E-state index in [0.29, 0.717) is 5.56 Å². The molecule has 0 amide bonds. The molecule has 0 N–H and O–H groups in total. The van der Waals surface area contributed by atoms with E-state index in [-0.39, 0.29) is 20.9 Å². The number of nitrogens with zero attached hydrogens (tertiary/aromatic N) is 1. The fourth-order valence-electron chi connectivity index (χ4n) is 2.45. The molecule has 0 bridgehead atoms.